The lowest BCUT2D eigenvalue weighted by atomic mass is 10.0. The average molecular weight is 366 g/mol. The van der Waals surface area contributed by atoms with Gasteiger partial charge in [-0.05, 0) is 47.3 Å². The zero-order valence-electron chi connectivity index (χ0n) is 12.6. The van der Waals surface area contributed by atoms with Gasteiger partial charge in [-0.1, -0.05) is 12.1 Å². The predicted molar refractivity (Wildman–Crippen MR) is 88.7 cm³/mol. The molecule has 2 N–H and O–H groups in total. The Balaban J connectivity index is 1.58. The van der Waals surface area contributed by atoms with Gasteiger partial charge in [0.1, 0.15) is 10.4 Å². The highest BCUT2D eigenvalue weighted by molar-refractivity contribution is 9.10. The van der Waals surface area contributed by atoms with Gasteiger partial charge < -0.3 is 15.4 Å². The molecule has 3 unspecified atom stereocenters. The quantitative estimate of drug-likeness (QED) is 0.461. The van der Waals surface area contributed by atoms with E-state index in [0.29, 0.717) is 29.7 Å². The van der Waals surface area contributed by atoms with Crippen molar-refractivity contribution in [1.29, 1.82) is 0 Å². The van der Waals surface area contributed by atoms with E-state index >= 15 is 0 Å². The summed E-state index contributed by atoms with van der Waals surface area (Å²) in [5, 5.41) is 6.31. The molecule has 1 aliphatic carbocycles. The van der Waals surface area contributed by atoms with Crippen LogP contribution in [0.4, 0.5) is 5.82 Å². The fourth-order valence-corrected chi connectivity index (χ4v) is 3.39. The van der Waals surface area contributed by atoms with E-state index < -0.39 is 0 Å². The molecule has 0 radical (unpaired) electrons. The highest BCUT2D eigenvalue weighted by Gasteiger charge is 2.61. The number of carbonyl (C=O) groups excluding carboxylic acids is 1. The molecule has 1 saturated carbocycles. The molecule has 2 fully saturated rings. The van der Waals surface area contributed by atoms with Crippen molar-refractivity contribution in [3.8, 4) is 0 Å². The first-order chi connectivity index (χ1) is 10.5. The number of anilines is 1. The Morgan fingerprint density at radius 3 is 3.23 bits per heavy atom. The Labute approximate surface area is 138 Å². The molecule has 22 heavy (non-hydrogen) atoms. The van der Waals surface area contributed by atoms with Crippen LogP contribution in [0.15, 0.2) is 29.4 Å². The van der Waals surface area contributed by atoms with Crippen LogP contribution in [0.1, 0.15) is 18.4 Å². The minimum absolute atomic E-state index is 0.0241. The van der Waals surface area contributed by atoms with Crippen LogP contribution in [0.2, 0.25) is 0 Å². The third kappa shape index (κ3) is 3.09. The Kier molecular flexibility index (Phi) is 4.34. The third-order valence-electron chi connectivity index (χ3n) is 4.45. The van der Waals surface area contributed by atoms with Crippen LogP contribution >= 0.6 is 15.9 Å². The number of hydrogen-bond acceptors (Lipinski definition) is 4. The van der Waals surface area contributed by atoms with Gasteiger partial charge in [-0.3, -0.25) is 4.79 Å². The van der Waals surface area contributed by atoms with E-state index in [4.69, 9.17) is 4.74 Å². The van der Waals surface area contributed by atoms with Crippen molar-refractivity contribution < 1.29 is 9.53 Å². The number of pyridine rings is 1. The molecule has 0 aromatic carbocycles. The maximum Gasteiger partial charge on any atom is 0.242 e. The number of hydrogen-bond donors (Lipinski definition) is 2. The number of nitrogens with one attached hydrogen (secondary N) is 2. The normalized spacial score (nSPS) is 29.0. The zero-order chi connectivity index (χ0) is 15.7. The molecule has 0 bridgehead atoms. The lowest BCUT2D eigenvalue weighted by molar-refractivity contribution is -0.118. The predicted octanol–water partition coefficient (Wildman–Crippen LogP) is 2.41. The van der Waals surface area contributed by atoms with Crippen molar-refractivity contribution in [2.24, 2.45) is 5.41 Å². The number of amides is 1. The van der Waals surface area contributed by atoms with Crippen LogP contribution in [0.5, 0.6) is 0 Å². The molecule has 1 aliphatic heterocycles. The summed E-state index contributed by atoms with van der Waals surface area (Å²) in [5.41, 5.74) is 1.08. The molecule has 2 aliphatic rings. The summed E-state index contributed by atoms with van der Waals surface area (Å²) in [7, 11) is 0. The topological polar surface area (TPSA) is 63.2 Å². The highest BCUT2D eigenvalue weighted by atomic mass is 79.9. The molecule has 1 saturated heterocycles. The summed E-state index contributed by atoms with van der Waals surface area (Å²) in [6.45, 7) is 6.83. The minimum atomic E-state index is -0.175. The van der Waals surface area contributed by atoms with Crippen LogP contribution < -0.4 is 10.6 Å². The van der Waals surface area contributed by atoms with Gasteiger partial charge in [0, 0.05) is 11.5 Å². The van der Waals surface area contributed by atoms with Gasteiger partial charge in [0.05, 0.1) is 19.3 Å². The molecule has 2 heterocycles. The summed E-state index contributed by atoms with van der Waals surface area (Å²) >= 11 is 3.33. The summed E-state index contributed by atoms with van der Waals surface area (Å²) in [6.07, 6.45) is 3.65. The van der Waals surface area contributed by atoms with Gasteiger partial charge in [-0.15, -0.1) is 6.58 Å². The minimum Gasteiger partial charge on any atom is -0.377 e. The average Bonchev–Trinajstić information content (AvgIpc) is 3.04. The number of aryl methyl sites for hydroxylation is 1. The molecule has 0 spiro atoms. The van der Waals surface area contributed by atoms with Crippen LogP contribution in [0.3, 0.4) is 0 Å². The van der Waals surface area contributed by atoms with Gasteiger partial charge in [0.25, 0.3) is 0 Å². The maximum atomic E-state index is 12.4. The summed E-state index contributed by atoms with van der Waals surface area (Å²) in [4.78, 5) is 16.7. The van der Waals surface area contributed by atoms with Gasteiger partial charge in [-0.25, -0.2) is 4.98 Å². The number of piperidine rings is 1. The molecule has 3 atom stereocenters. The van der Waals surface area contributed by atoms with E-state index in [-0.39, 0.29) is 17.4 Å². The largest absolute Gasteiger partial charge is 0.377 e. The van der Waals surface area contributed by atoms with Crippen LogP contribution in [0, 0.1) is 12.3 Å². The van der Waals surface area contributed by atoms with Crippen molar-refractivity contribution in [1.82, 2.24) is 10.3 Å². The third-order valence-corrected chi connectivity index (χ3v) is 4.89. The molecule has 118 valence electrons. The Morgan fingerprint density at radius 1 is 1.64 bits per heavy atom. The lowest BCUT2D eigenvalue weighted by Gasteiger charge is -2.16. The van der Waals surface area contributed by atoms with Crippen molar-refractivity contribution in [2.45, 2.75) is 31.8 Å². The van der Waals surface area contributed by atoms with Crippen molar-refractivity contribution in [3.63, 3.8) is 0 Å². The molecule has 6 heteroatoms. The molecule has 1 amide bonds. The van der Waals surface area contributed by atoms with Crippen LogP contribution in [-0.4, -0.2) is 36.2 Å². The first-order valence-electron chi connectivity index (χ1n) is 7.43. The second-order valence-corrected chi connectivity index (χ2v) is 6.95. The fraction of sp³-hybridized carbons (Fsp3) is 0.500. The van der Waals surface area contributed by atoms with E-state index in [1.54, 1.807) is 6.08 Å². The number of rotatable bonds is 6. The molecule has 5 nitrogen and oxygen atoms in total. The molecule has 1 aromatic heterocycles. The summed E-state index contributed by atoms with van der Waals surface area (Å²) < 4.78 is 6.30. The Bertz CT molecular complexity index is 607. The summed E-state index contributed by atoms with van der Waals surface area (Å²) in [5.74, 6) is 0.586. The number of halogens is 1. The molecule has 1 aromatic rings. The van der Waals surface area contributed by atoms with E-state index in [1.165, 1.54) is 0 Å². The van der Waals surface area contributed by atoms with E-state index in [9.17, 15) is 4.79 Å². The van der Waals surface area contributed by atoms with E-state index in [2.05, 4.69) is 38.1 Å². The smallest absolute Gasteiger partial charge is 0.242 e. The number of nitrogens with zero attached hydrogens (tertiary/aromatic N) is 1. The van der Waals surface area contributed by atoms with Crippen LogP contribution in [-0.2, 0) is 9.53 Å². The van der Waals surface area contributed by atoms with E-state index in [0.717, 1.165) is 18.4 Å². The van der Waals surface area contributed by atoms with Gasteiger partial charge in [-0.2, -0.15) is 0 Å². The highest BCUT2D eigenvalue weighted by Crippen LogP contribution is 2.54. The second-order valence-electron chi connectivity index (χ2n) is 6.13. The first-order valence-corrected chi connectivity index (χ1v) is 8.22. The first kappa shape index (κ1) is 15.6. The van der Waals surface area contributed by atoms with Crippen molar-refractivity contribution in [2.75, 3.05) is 18.5 Å². The number of fused-ring (bicyclic) bond motifs is 1. The summed E-state index contributed by atoms with van der Waals surface area (Å²) in [6, 6.07) is 4.01. The second kappa shape index (κ2) is 6.10. The van der Waals surface area contributed by atoms with Crippen LogP contribution in [0.25, 0.3) is 0 Å². The molecular weight excluding hydrogens is 346 g/mol. The van der Waals surface area contributed by atoms with Gasteiger partial charge in [0.15, 0.2) is 0 Å². The molecular formula is C16H20BrN3O2. The monoisotopic (exact) mass is 365 g/mol. The lowest BCUT2D eigenvalue weighted by Crippen LogP contribution is -2.38. The number of ether oxygens (including phenoxy) is 1. The Hall–Kier alpha value is -1.24. The standard InChI is InChI=1S/C16H20BrN3O2/c1-3-6-22-9-16-7-11(18-12(16)8-16)15(21)20-14-10(2)4-5-13(17)19-14/h3-5,11-12,18H,1,6-9H2,2H3,(H,19,20,21). The van der Waals surface area contributed by atoms with Crippen molar-refractivity contribution in [3.05, 3.63) is 35.0 Å². The maximum absolute atomic E-state index is 12.4. The SMILES string of the molecule is C=CCOCC12CC(C(=O)Nc3nc(Br)ccc3C)NC1C2. The fourth-order valence-electron chi connectivity index (χ4n) is 3.08. The number of carbonyl (C=O) groups is 1. The van der Waals surface area contributed by atoms with Gasteiger partial charge >= 0.3 is 0 Å². The van der Waals surface area contributed by atoms with Crippen molar-refractivity contribution >= 4 is 27.7 Å². The zero-order valence-corrected chi connectivity index (χ0v) is 14.1. The number of aromatic nitrogens is 1. The van der Waals surface area contributed by atoms with E-state index in [1.807, 2.05) is 19.1 Å². The Morgan fingerprint density at radius 2 is 2.45 bits per heavy atom. The molecule has 3 rings (SSSR count). The van der Waals surface area contributed by atoms with Gasteiger partial charge in [0.2, 0.25) is 5.91 Å².